The molecule has 0 heterocycles. The van der Waals surface area contributed by atoms with Crippen LogP contribution in [0.15, 0.2) is 0 Å². The van der Waals surface area contributed by atoms with Gasteiger partial charge < -0.3 is 7.46 Å². The molecule has 0 fully saturated rings. The summed E-state index contributed by atoms with van der Waals surface area (Å²) in [5, 5.41) is 7.04. The van der Waals surface area contributed by atoms with Crippen LogP contribution in [-0.4, -0.2) is 21.3 Å². The number of rotatable bonds is 1. The molecule has 0 bridgehead atoms. The molecular formula is HAlFO2. The topological polar surface area (TPSA) is 29.5 Å². The zero-order valence-electron chi connectivity index (χ0n) is 1.81. The molecule has 0 atom stereocenters. The smallest absolute Gasteiger partial charge is 0.381 e. The zero-order chi connectivity index (χ0) is 3.41. The third-order valence-electron chi connectivity index (χ3n) is 0.0398. The summed E-state index contributed by atoms with van der Waals surface area (Å²) in [6, 6.07) is 0. The van der Waals surface area contributed by atoms with E-state index in [9.17, 15) is 3.52 Å². The summed E-state index contributed by atoms with van der Waals surface area (Å²) in [4.78, 5) is 0. The molecule has 1 N–H and O–H groups in total. The van der Waals surface area contributed by atoms with Gasteiger partial charge in [0.05, 0.1) is 0 Å². The molecule has 23 valence electrons. The van der Waals surface area contributed by atoms with Crippen molar-refractivity contribution in [2.75, 3.05) is 0 Å². The lowest BCUT2D eigenvalue weighted by molar-refractivity contribution is -0.144. The monoisotopic (exact) mass is 79.0 g/mol. The van der Waals surface area contributed by atoms with E-state index < -0.39 is 16.0 Å². The van der Waals surface area contributed by atoms with E-state index in [0.717, 1.165) is 0 Å². The zero-order valence-corrected chi connectivity index (χ0v) is 2.97. The van der Waals surface area contributed by atoms with Crippen molar-refractivity contribution < 1.29 is 12.7 Å². The normalized spacial score (nSPS) is 6.50. The fourth-order valence-electron chi connectivity index (χ4n) is 0. The third kappa shape index (κ3) is 2.38. The Kier molecular flexibility index (Phi) is 3.71. The molecule has 0 aliphatic rings. The Balaban J connectivity index is 1.97. The Morgan fingerprint density at radius 1 is 2.00 bits per heavy atom. The van der Waals surface area contributed by atoms with E-state index in [2.05, 4.69) is 3.94 Å². The van der Waals surface area contributed by atoms with Crippen LogP contribution in [0.3, 0.4) is 0 Å². The fraction of sp³-hybridized carbons (Fsp3) is 0. The second kappa shape index (κ2) is 3.38. The van der Waals surface area contributed by atoms with Gasteiger partial charge in [0.1, 0.15) is 0 Å². The van der Waals surface area contributed by atoms with Gasteiger partial charge in [-0.25, -0.2) is 0 Å². The van der Waals surface area contributed by atoms with Gasteiger partial charge in [0, 0.05) is 0 Å². The fourth-order valence-corrected chi connectivity index (χ4v) is 0. The highest BCUT2D eigenvalue weighted by Gasteiger charge is 1.81. The van der Waals surface area contributed by atoms with E-state index in [1.807, 2.05) is 0 Å². The average Bonchev–Trinajstić information content (AvgIpc) is 1.37. The van der Waals surface area contributed by atoms with Crippen molar-refractivity contribution in [3.63, 3.8) is 0 Å². The van der Waals surface area contributed by atoms with Crippen LogP contribution in [0.2, 0.25) is 0 Å². The van der Waals surface area contributed by atoms with Crippen LogP contribution in [0.5, 0.6) is 0 Å². The van der Waals surface area contributed by atoms with E-state index in [0.29, 0.717) is 0 Å². The van der Waals surface area contributed by atoms with E-state index in [4.69, 9.17) is 5.26 Å². The van der Waals surface area contributed by atoms with Crippen LogP contribution in [-0.2, 0) is 3.94 Å². The summed E-state index contributed by atoms with van der Waals surface area (Å²) in [5.74, 6) is 0. The lowest BCUT2D eigenvalue weighted by Crippen LogP contribution is -1.79. The van der Waals surface area contributed by atoms with Gasteiger partial charge in [-0.15, -0.1) is 0 Å². The molecule has 0 aromatic heterocycles. The number of hydrogen-bond donors (Lipinski definition) is 1. The van der Waals surface area contributed by atoms with Crippen LogP contribution in [0, 0.1) is 0 Å². The molecule has 2 nitrogen and oxygen atoms in total. The first-order chi connectivity index (χ1) is 1.91. The van der Waals surface area contributed by atoms with Crippen LogP contribution >= 0.6 is 0 Å². The highest BCUT2D eigenvalue weighted by Crippen LogP contribution is 1.51. The molecule has 0 saturated carbocycles. The van der Waals surface area contributed by atoms with Gasteiger partial charge in [-0.1, -0.05) is 0 Å². The Hall–Kier alpha value is 0.382. The lowest BCUT2D eigenvalue weighted by Gasteiger charge is -1.67. The Morgan fingerprint density at radius 3 is 2.25 bits per heavy atom. The van der Waals surface area contributed by atoms with Gasteiger partial charge in [-0.2, -0.15) is 0 Å². The first kappa shape index (κ1) is 4.38. The molecule has 0 unspecified atom stereocenters. The average molecular weight is 79.0 g/mol. The summed E-state index contributed by atoms with van der Waals surface area (Å²) >= 11 is -1.66. The minimum absolute atomic E-state index is 1.66. The van der Waals surface area contributed by atoms with Gasteiger partial charge in [0.2, 0.25) is 0 Å². The van der Waals surface area contributed by atoms with E-state index >= 15 is 0 Å². The summed E-state index contributed by atoms with van der Waals surface area (Å²) in [6.45, 7) is 0. The third-order valence-corrected chi connectivity index (χ3v) is 0.120. The van der Waals surface area contributed by atoms with Crippen molar-refractivity contribution in [3.05, 3.63) is 0 Å². The quantitative estimate of drug-likeness (QED) is 0.272. The Morgan fingerprint density at radius 2 is 2.25 bits per heavy atom. The summed E-state index contributed by atoms with van der Waals surface area (Å²) in [7, 11) is 0. The van der Waals surface area contributed by atoms with Crippen molar-refractivity contribution in [1.29, 1.82) is 0 Å². The van der Waals surface area contributed by atoms with Gasteiger partial charge in [0.15, 0.2) is 0 Å². The second-order valence-corrected chi connectivity index (χ2v) is 0.583. The molecule has 0 amide bonds. The highest BCUT2D eigenvalue weighted by atomic mass is 27.2. The molecule has 0 spiro atoms. The SMILES string of the molecule is O[O][Al][F]. The molecule has 0 saturated heterocycles. The first-order valence-electron chi connectivity index (χ1n) is 0.636. The highest BCUT2D eigenvalue weighted by molar-refractivity contribution is 6.16. The predicted molar refractivity (Wildman–Crippen MR) is 10.6 cm³/mol. The Labute approximate surface area is 29.6 Å². The van der Waals surface area contributed by atoms with Crippen LogP contribution in [0.25, 0.3) is 0 Å². The molecule has 1 radical (unpaired) electrons. The van der Waals surface area contributed by atoms with E-state index in [-0.39, 0.29) is 0 Å². The van der Waals surface area contributed by atoms with Crippen LogP contribution in [0.1, 0.15) is 0 Å². The van der Waals surface area contributed by atoms with E-state index in [1.54, 1.807) is 0 Å². The molecule has 0 rings (SSSR count). The van der Waals surface area contributed by atoms with Crippen LogP contribution in [0.4, 0.5) is 3.52 Å². The van der Waals surface area contributed by atoms with Crippen molar-refractivity contribution in [3.8, 4) is 0 Å². The lowest BCUT2D eigenvalue weighted by atomic mass is 15.0. The first-order valence-corrected chi connectivity index (χ1v) is 1.54. The molecule has 0 aliphatic carbocycles. The van der Waals surface area contributed by atoms with Crippen molar-refractivity contribution >= 4 is 16.0 Å². The molecule has 0 aliphatic heterocycles. The molecule has 0 aromatic carbocycles. The standard InChI is InChI=1S/Al.FH.H2O2/c;;1-2/h;1H;1-2H/q+2;;/p-2. The summed E-state index contributed by atoms with van der Waals surface area (Å²) in [6.07, 6.45) is 0. The minimum atomic E-state index is -1.66. The summed E-state index contributed by atoms with van der Waals surface area (Å²) < 4.78 is 13.3. The molecular weight excluding hydrogens is 78.0 g/mol. The van der Waals surface area contributed by atoms with Crippen LogP contribution < -0.4 is 0 Å². The maximum atomic E-state index is 10.3. The molecule has 4 heteroatoms. The Bertz CT molecular complexity index is 8.00. The summed E-state index contributed by atoms with van der Waals surface area (Å²) in [5.41, 5.74) is 0. The maximum Gasteiger partial charge on any atom is 0.744 e. The molecule has 0 aromatic rings. The van der Waals surface area contributed by atoms with Gasteiger partial charge >= 0.3 is 16.0 Å². The van der Waals surface area contributed by atoms with Crippen molar-refractivity contribution in [2.45, 2.75) is 0 Å². The number of hydrogen-bond acceptors (Lipinski definition) is 2. The predicted octanol–water partition coefficient (Wildman–Crippen LogP) is -0.0203. The largest absolute Gasteiger partial charge is 0.744 e. The van der Waals surface area contributed by atoms with Gasteiger partial charge in [-0.05, 0) is 0 Å². The maximum absolute atomic E-state index is 10.3. The second-order valence-electron chi connectivity index (χ2n) is 0.194. The van der Waals surface area contributed by atoms with Gasteiger partial charge in [0.25, 0.3) is 0 Å². The van der Waals surface area contributed by atoms with Gasteiger partial charge in [-0.3, -0.25) is 5.26 Å². The number of halogens is 1. The van der Waals surface area contributed by atoms with Crippen molar-refractivity contribution in [2.24, 2.45) is 0 Å². The minimum Gasteiger partial charge on any atom is -0.381 e. The molecule has 4 heavy (non-hydrogen) atoms. The van der Waals surface area contributed by atoms with E-state index in [1.165, 1.54) is 0 Å². The van der Waals surface area contributed by atoms with Crippen molar-refractivity contribution in [1.82, 2.24) is 0 Å².